The van der Waals surface area contributed by atoms with Crippen molar-refractivity contribution >= 4 is 5.78 Å². The van der Waals surface area contributed by atoms with Gasteiger partial charge in [0.25, 0.3) is 0 Å². The summed E-state index contributed by atoms with van der Waals surface area (Å²) in [5.74, 6) is 0.291. The van der Waals surface area contributed by atoms with Crippen LogP contribution in [-0.4, -0.2) is 30.8 Å². The van der Waals surface area contributed by atoms with Gasteiger partial charge in [-0.15, -0.1) is 0 Å². The monoisotopic (exact) mass is 185 g/mol. The Balaban J connectivity index is 4.13. The number of hydrogen-bond donors (Lipinski definition) is 0. The van der Waals surface area contributed by atoms with Gasteiger partial charge in [-0.2, -0.15) is 0 Å². The molecule has 2 nitrogen and oxygen atoms in total. The van der Waals surface area contributed by atoms with Gasteiger partial charge in [0.15, 0.2) is 0 Å². The quantitative estimate of drug-likeness (QED) is 0.655. The number of carbonyl (C=O) groups is 1. The molecule has 1 atom stereocenters. The second kappa shape index (κ2) is 4.75. The Kier molecular flexibility index (Phi) is 4.62. The fourth-order valence-corrected chi connectivity index (χ4v) is 1.41. The van der Waals surface area contributed by atoms with E-state index in [1.54, 1.807) is 6.92 Å². The molecule has 0 aromatic carbocycles. The Morgan fingerprint density at radius 1 is 1.38 bits per heavy atom. The molecular weight excluding hydrogens is 162 g/mol. The van der Waals surface area contributed by atoms with Crippen molar-refractivity contribution in [2.24, 2.45) is 5.41 Å². The molecule has 78 valence electrons. The van der Waals surface area contributed by atoms with Crippen molar-refractivity contribution in [3.8, 4) is 0 Å². The second-order valence-electron chi connectivity index (χ2n) is 4.83. The Labute approximate surface area is 82.3 Å². The molecule has 0 spiro atoms. The van der Waals surface area contributed by atoms with E-state index in [1.165, 1.54) is 0 Å². The van der Waals surface area contributed by atoms with Crippen molar-refractivity contribution in [3.05, 3.63) is 0 Å². The molecule has 0 amide bonds. The molecule has 0 aliphatic rings. The minimum absolute atomic E-state index is 0.217. The van der Waals surface area contributed by atoms with Crippen LogP contribution in [0.1, 0.15) is 40.5 Å². The van der Waals surface area contributed by atoms with E-state index in [4.69, 9.17) is 0 Å². The van der Waals surface area contributed by atoms with Crippen LogP contribution in [0.4, 0.5) is 0 Å². The number of rotatable bonds is 5. The molecule has 0 saturated heterocycles. The summed E-state index contributed by atoms with van der Waals surface area (Å²) in [6.07, 6.45) is 1.67. The second-order valence-corrected chi connectivity index (χ2v) is 4.83. The molecule has 0 aliphatic carbocycles. The highest BCUT2D eigenvalue weighted by atomic mass is 16.1. The molecule has 0 radical (unpaired) electrons. The molecule has 0 aromatic heterocycles. The highest BCUT2D eigenvalue weighted by Gasteiger charge is 2.27. The Morgan fingerprint density at radius 2 is 1.85 bits per heavy atom. The molecule has 0 fully saturated rings. The van der Waals surface area contributed by atoms with Gasteiger partial charge in [0.05, 0.1) is 0 Å². The lowest BCUT2D eigenvalue weighted by atomic mass is 9.80. The standard InChI is InChI=1S/C11H23NO/c1-9(13)7-8-11(3,4)10(2)12(5)6/h10H,7-8H2,1-6H3. The van der Waals surface area contributed by atoms with Gasteiger partial charge in [-0.1, -0.05) is 13.8 Å². The Morgan fingerprint density at radius 3 is 2.15 bits per heavy atom. The summed E-state index contributed by atoms with van der Waals surface area (Å²) in [5, 5.41) is 0. The van der Waals surface area contributed by atoms with Gasteiger partial charge in [0.2, 0.25) is 0 Å². The Hall–Kier alpha value is -0.370. The molecule has 0 aliphatic heterocycles. The zero-order chi connectivity index (χ0) is 10.6. The van der Waals surface area contributed by atoms with Crippen molar-refractivity contribution in [2.75, 3.05) is 14.1 Å². The van der Waals surface area contributed by atoms with E-state index in [9.17, 15) is 4.79 Å². The normalized spacial score (nSPS) is 14.7. The zero-order valence-electron chi connectivity index (χ0n) is 9.85. The van der Waals surface area contributed by atoms with Crippen LogP contribution in [-0.2, 0) is 4.79 Å². The molecule has 0 aromatic rings. The maximum atomic E-state index is 10.9. The summed E-state index contributed by atoms with van der Waals surface area (Å²) in [7, 11) is 4.17. The van der Waals surface area contributed by atoms with Crippen LogP contribution in [0.15, 0.2) is 0 Å². The smallest absolute Gasteiger partial charge is 0.129 e. The first-order valence-corrected chi connectivity index (χ1v) is 4.93. The molecule has 0 rings (SSSR count). The summed E-state index contributed by atoms with van der Waals surface area (Å²) in [6, 6.07) is 0.506. The largest absolute Gasteiger partial charge is 0.306 e. The fraction of sp³-hybridized carbons (Fsp3) is 0.909. The lowest BCUT2D eigenvalue weighted by Crippen LogP contribution is -2.38. The van der Waals surface area contributed by atoms with E-state index < -0.39 is 0 Å². The van der Waals surface area contributed by atoms with E-state index in [0.717, 1.165) is 6.42 Å². The minimum atomic E-state index is 0.217. The van der Waals surface area contributed by atoms with Crippen LogP contribution in [0, 0.1) is 5.41 Å². The maximum absolute atomic E-state index is 10.9. The summed E-state index contributed by atoms with van der Waals surface area (Å²) in [5.41, 5.74) is 0.217. The highest BCUT2D eigenvalue weighted by Crippen LogP contribution is 2.29. The lowest BCUT2D eigenvalue weighted by Gasteiger charge is -2.36. The van der Waals surface area contributed by atoms with Gasteiger partial charge >= 0.3 is 0 Å². The maximum Gasteiger partial charge on any atom is 0.129 e. The summed E-state index contributed by atoms with van der Waals surface area (Å²) in [4.78, 5) is 13.1. The number of Topliss-reactive ketones (excluding diaryl/α,β-unsaturated/α-hetero) is 1. The van der Waals surface area contributed by atoms with E-state index in [1.807, 2.05) is 0 Å². The molecule has 0 N–H and O–H groups in total. The first-order chi connectivity index (χ1) is 5.77. The average Bonchev–Trinajstić information content (AvgIpc) is 1.99. The highest BCUT2D eigenvalue weighted by molar-refractivity contribution is 5.75. The lowest BCUT2D eigenvalue weighted by molar-refractivity contribution is -0.117. The van der Waals surface area contributed by atoms with Crippen molar-refractivity contribution < 1.29 is 4.79 Å². The topological polar surface area (TPSA) is 20.3 Å². The summed E-state index contributed by atoms with van der Waals surface area (Å²) >= 11 is 0. The third kappa shape index (κ3) is 4.41. The number of ketones is 1. The van der Waals surface area contributed by atoms with Crippen molar-refractivity contribution in [1.82, 2.24) is 4.90 Å². The molecular formula is C11H23NO. The molecule has 0 bridgehead atoms. The summed E-state index contributed by atoms with van der Waals surface area (Å²) in [6.45, 7) is 8.32. The van der Waals surface area contributed by atoms with E-state index in [0.29, 0.717) is 18.2 Å². The third-order valence-corrected chi connectivity index (χ3v) is 3.03. The van der Waals surface area contributed by atoms with Gasteiger partial charge in [0.1, 0.15) is 5.78 Å². The first-order valence-electron chi connectivity index (χ1n) is 4.93. The van der Waals surface area contributed by atoms with Crippen LogP contribution in [0.2, 0.25) is 0 Å². The third-order valence-electron chi connectivity index (χ3n) is 3.03. The Bertz CT molecular complexity index is 173. The summed E-state index contributed by atoms with van der Waals surface area (Å²) < 4.78 is 0. The van der Waals surface area contributed by atoms with Gasteiger partial charge in [0, 0.05) is 12.5 Å². The average molecular weight is 185 g/mol. The van der Waals surface area contributed by atoms with Gasteiger partial charge in [-0.25, -0.2) is 0 Å². The first kappa shape index (κ1) is 12.6. The number of carbonyl (C=O) groups excluding carboxylic acids is 1. The van der Waals surface area contributed by atoms with Crippen LogP contribution in [0.5, 0.6) is 0 Å². The van der Waals surface area contributed by atoms with Gasteiger partial charge in [-0.05, 0) is 39.8 Å². The predicted molar refractivity (Wildman–Crippen MR) is 56.8 cm³/mol. The van der Waals surface area contributed by atoms with Crippen LogP contribution >= 0.6 is 0 Å². The zero-order valence-corrected chi connectivity index (χ0v) is 9.85. The molecule has 2 heteroatoms. The molecule has 1 unspecified atom stereocenters. The SMILES string of the molecule is CC(=O)CCC(C)(C)C(C)N(C)C. The fourth-order valence-electron chi connectivity index (χ4n) is 1.41. The van der Waals surface area contributed by atoms with Crippen LogP contribution < -0.4 is 0 Å². The van der Waals surface area contributed by atoms with Crippen molar-refractivity contribution in [3.63, 3.8) is 0 Å². The van der Waals surface area contributed by atoms with E-state index >= 15 is 0 Å². The molecule has 13 heavy (non-hydrogen) atoms. The molecule has 0 heterocycles. The van der Waals surface area contributed by atoms with Crippen LogP contribution in [0.3, 0.4) is 0 Å². The predicted octanol–water partition coefficient (Wildman–Crippen LogP) is 2.33. The minimum Gasteiger partial charge on any atom is -0.306 e. The van der Waals surface area contributed by atoms with Crippen molar-refractivity contribution in [2.45, 2.75) is 46.6 Å². The van der Waals surface area contributed by atoms with Gasteiger partial charge in [-0.3, -0.25) is 0 Å². The molecule has 0 saturated carbocycles. The van der Waals surface area contributed by atoms with Crippen LogP contribution in [0.25, 0.3) is 0 Å². The number of hydrogen-bond acceptors (Lipinski definition) is 2. The van der Waals surface area contributed by atoms with E-state index in [2.05, 4.69) is 39.8 Å². The number of nitrogens with zero attached hydrogens (tertiary/aromatic N) is 1. The van der Waals surface area contributed by atoms with Gasteiger partial charge < -0.3 is 9.69 Å². The van der Waals surface area contributed by atoms with E-state index in [-0.39, 0.29) is 5.41 Å². The van der Waals surface area contributed by atoms with Crippen molar-refractivity contribution in [1.29, 1.82) is 0 Å².